The number of hydrogen-bond acceptors (Lipinski definition) is 5. The predicted molar refractivity (Wildman–Crippen MR) is 106 cm³/mol. The Hall–Kier alpha value is -3.67. The van der Waals surface area contributed by atoms with Crippen molar-refractivity contribution >= 4 is 33.8 Å². The standard InChI is InChI=1S/C13H12N4.C6H8N2/c14-9-3-1-8(2-4-9)13-16-11-6-5-10(15)7-12(11)17-13;7-5-1-2-6(8)4-3-5/h1-7H,14-15H2,(H,16,17);1-4H,7-8H2. The number of nitrogens with one attached hydrogen (secondary N) is 1. The van der Waals surface area contributed by atoms with Gasteiger partial charge in [0, 0.05) is 28.3 Å². The molecular formula is C19H20N6. The predicted octanol–water partition coefficient (Wildman–Crippen LogP) is 3.25. The third kappa shape index (κ3) is 4.00. The van der Waals surface area contributed by atoms with Gasteiger partial charge in [0.2, 0.25) is 0 Å². The van der Waals surface area contributed by atoms with E-state index >= 15 is 0 Å². The highest BCUT2D eigenvalue weighted by Crippen LogP contribution is 2.22. The number of imidazole rings is 1. The fourth-order valence-corrected chi connectivity index (χ4v) is 2.30. The molecular weight excluding hydrogens is 312 g/mol. The zero-order valence-corrected chi connectivity index (χ0v) is 13.6. The second-order valence-electron chi connectivity index (χ2n) is 5.65. The molecule has 9 N–H and O–H groups in total. The van der Waals surface area contributed by atoms with E-state index in [2.05, 4.69) is 9.97 Å². The number of aromatic nitrogens is 2. The van der Waals surface area contributed by atoms with Crippen LogP contribution in [-0.4, -0.2) is 9.97 Å². The average molecular weight is 332 g/mol. The summed E-state index contributed by atoms with van der Waals surface area (Å²) in [7, 11) is 0. The molecule has 0 saturated carbocycles. The molecule has 0 unspecified atom stereocenters. The fraction of sp³-hybridized carbons (Fsp3) is 0. The Balaban J connectivity index is 0.000000192. The highest BCUT2D eigenvalue weighted by molar-refractivity contribution is 5.82. The van der Waals surface area contributed by atoms with Crippen molar-refractivity contribution in [3.63, 3.8) is 0 Å². The zero-order chi connectivity index (χ0) is 17.8. The van der Waals surface area contributed by atoms with Crippen LogP contribution in [0, 0.1) is 0 Å². The van der Waals surface area contributed by atoms with Crippen molar-refractivity contribution < 1.29 is 0 Å². The van der Waals surface area contributed by atoms with Crippen LogP contribution in [0.1, 0.15) is 0 Å². The first kappa shape index (κ1) is 16.2. The minimum atomic E-state index is 0.716. The van der Waals surface area contributed by atoms with Crippen molar-refractivity contribution in [2.24, 2.45) is 0 Å². The molecule has 126 valence electrons. The number of fused-ring (bicyclic) bond motifs is 1. The van der Waals surface area contributed by atoms with Crippen LogP contribution in [0.15, 0.2) is 66.7 Å². The Morgan fingerprint density at radius 2 is 1.08 bits per heavy atom. The zero-order valence-electron chi connectivity index (χ0n) is 13.6. The van der Waals surface area contributed by atoms with E-state index in [4.69, 9.17) is 22.9 Å². The molecule has 0 bridgehead atoms. The van der Waals surface area contributed by atoms with Crippen LogP contribution in [0.3, 0.4) is 0 Å². The Kier molecular flexibility index (Phi) is 4.43. The minimum Gasteiger partial charge on any atom is -0.399 e. The summed E-state index contributed by atoms with van der Waals surface area (Å²) < 4.78 is 0. The first-order valence-electron chi connectivity index (χ1n) is 7.73. The molecule has 4 rings (SSSR count). The number of rotatable bonds is 1. The maximum Gasteiger partial charge on any atom is 0.138 e. The Morgan fingerprint density at radius 3 is 1.64 bits per heavy atom. The third-order valence-electron chi connectivity index (χ3n) is 3.63. The van der Waals surface area contributed by atoms with Crippen molar-refractivity contribution in [3.05, 3.63) is 66.7 Å². The molecule has 0 radical (unpaired) electrons. The van der Waals surface area contributed by atoms with Gasteiger partial charge in [-0.1, -0.05) is 0 Å². The van der Waals surface area contributed by atoms with E-state index < -0.39 is 0 Å². The summed E-state index contributed by atoms with van der Waals surface area (Å²) in [6.45, 7) is 0. The summed E-state index contributed by atoms with van der Waals surface area (Å²) in [4.78, 5) is 7.75. The monoisotopic (exact) mass is 332 g/mol. The second kappa shape index (κ2) is 6.84. The molecule has 1 heterocycles. The number of benzene rings is 3. The van der Waals surface area contributed by atoms with Gasteiger partial charge in [-0.15, -0.1) is 0 Å². The lowest BCUT2D eigenvalue weighted by molar-refractivity contribution is 1.34. The van der Waals surface area contributed by atoms with Gasteiger partial charge in [0.15, 0.2) is 0 Å². The number of nitrogens with two attached hydrogens (primary N) is 4. The molecule has 0 amide bonds. The lowest BCUT2D eigenvalue weighted by Crippen LogP contribution is -1.86. The summed E-state index contributed by atoms with van der Waals surface area (Å²) in [5.41, 5.74) is 27.9. The summed E-state index contributed by atoms with van der Waals surface area (Å²) in [5.74, 6) is 0.825. The van der Waals surface area contributed by atoms with Gasteiger partial charge >= 0.3 is 0 Å². The van der Waals surface area contributed by atoms with Gasteiger partial charge in [0.05, 0.1) is 11.0 Å². The normalized spacial score (nSPS) is 10.2. The van der Waals surface area contributed by atoms with E-state index in [1.165, 1.54) is 0 Å². The molecule has 0 atom stereocenters. The van der Waals surface area contributed by atoms with Gasteiger partial charge in [-0.05, 0) is 66.7 Å². The van der Waals surface area contributed by atoms with Crippen molar-refractivity contribution in [1.29, 1.82) is 0 Å². The van der Waals surface area contributed by atoms with Crippen LogP contribution in [0.2, 0.25) is 0 Å². The number of nitrogens with zero attached hydrogens (tertiary/aromatic N) is 1. The molecule has 1 aromatic heterocycles. The maximum atomic E-state index is 5.72. The molecule has 0 saturated heterocycles. The number of hydrogen-bond donors (Lipinski definition) is 5. The van der Waals surface area contributed by atoms with Crippen LogP contribution in [-0.2, 0) is 0 Å². The summed E-state index contributed by atoms with van der Waals surface area (Å²) in [5, 5.41) is 0. The topological polar surface area (TPSA) is 133 Å². The third-order valence-corrected chi connectivity index (χ3v) is 3.63. The van der Waals surface area contributed by atoms with Crippen LogP contribution in [0.25, 0.3) is 22.4 Å². The highest BCUT2D eigenvalue weighted by Gasteiger charge is 2.04. The van der Waals surface area contributed by atoms with Gasteiger partial charge in [0.25, 0.3) is 0 Å². The first-order chi connectivity index (χ1) is 12.0. The average Bonchev–Trinajstić information content (AvgIpc) is 3.02. The van der Waals surface area contributed by atoms with Crippen molar-refractivity contribution in [2.75, 3.05) is 22.9 Å². The molecule has 6 heteroatoms. The first-order valence-corrected chi connectivity index (χ1v) is 7.73. The smallest absolute Gasteiger partial charge is 0.138 e. The summed E-state index contributed by atoms with van der Waals surface area (Å²) in [6.07, 6.45) is 0. The number of anilines is 4. The van der Waals surface area contributed by atoms with E-state index in [0.29, 0.717) is 5.69 Å². The van der Waals surface area contributed by atoms with E-state index in [1.807, 2.05) is 42.5 Å². The SMILES string of the molecule is Nc1ccc(-c2nc3cc(N)ccc3[nH]2)cc1.Nc1ccc(N)cc1. The Morgan fingerprint density at radius 1 is 0.600 bits per heavy atom. The van der Waals surface area contributed by atoms with E-state index in [-0.39, 0.29) is 0 Å². The van der Waals surface area contributed by atoms with Crippen LogP contribution in [0.4, 0.5) is 22.7 Å². The lowest BCUT2D eigenvalue weighted by Gasteiger charge is -1.96. The number of H-pyrrole nitrogens is 1. The van der Waals surface area contributed by atoms with Gasteiger partial charge in [-0.3, -0.25) is 0 Å². The molecule has 6 nitrogen and oxygen atoms in total. The molecule has 3 aromatic carbocycles. The number of nitrogen functional groups attached to an aromatic ring is 4. The largest absolute Gasteiger partial charge is 0.399 e. The number of aromatic amines is 1. The highest BCUT2D eigenvalue weighted by atomic mass is 14.9. The quantitative estimate of drug-likeness (QED) is 0.341. The van der Waals surface area contributed by atoms with E-state index in [9.17, 15) is 0 Å². The Bertz CT molecular complexity index is 950. The second-order valence-corrected chi connectivity index (χ2v) is 5.65. The van der Waals surface area contributed by atoms with E-state index in [1.54, 1.807) is 24.3 Å². The molecule has 4 aromatic rings. The van der Waals surface area contributed by atoms with Crippen molar-refractivity contribution in [1.82, 2.24) is 9.97 Å². The van der Waals surface area contributed by atoms with Gasteiger partial charge in [0.1, 0.15) is 5.82 Å². The van der Waals surface area contributed by atoms with Gasteiger partial charge in [-0.25, -0.2) is 4.98 Å². The van der Waals surface area contributed by atoms with Gasteiger partial charge < -0.3 is 27.9 Å². The molecule has 25 heavy (non-hydrogen) atoms. The van der Waals surface area contributed by atoms with Crippen LogP contribution in [0.5, 0.6) is 0 Å². The van der Waals surface area contributed by atoms with Gasteiger partial charge in [-0.2, -0.15) is 0 Å². The molecule has 0 fully saturated rings. The fourth-order valence-electron chi connectivity index (χ4n) is 2.30. The minimum absolute atomic E-state index is 0.716. The molecule has 0 spiro atoms. The molecule has 0 aliphatic rings. The molecule has 0 aliphatic heterocycles. The summed E-state index contributed by atoms with van der Waals surface area (Å²) >= 11 is 0. The molecule has 0 aliphatic carbocycles. The Labute approximate surface area is 145 Å². The summed E-state index contributed by atoms with van der Waals surface area (Å²) in [6, 6.07) is 20.3. The lowest BCUT2D eigenvalue weighted by atomic mass is 10.2. The van der Waals surface area contributed by atoms with Crippen LogP contribution < -0.4 is 22.9 Å². The van der Waals surface area contributed by atoms with Crippen molar-refractivity contribution in [3.8, 4) is 11.4 Å². The maximum absolute atomic E-state index is 5.72. The van der Waals surface area contributed by atoms with E-state index in [0.717, 1.165) is 39.5 Å². The van der Waals surface area contributed by atoms with Crippen LogP contribution >= 0.6 is 0 Å². The van der Waals surface area contributed by atoms with Crippen molar-refractivity contribution in [2.45, 2.75) is 0 Å².